The maximum Gasteiger partial charge on any atom is 0.408 e. The van der Waals surface area contributed by atoms with Crippen molar-refractivity contribution in [2.24, 2.45) is 0 Å². The van der Waals surface area contributed by atoms with Crippen LogP contribution in [-0.2, 0) is 30.3 Å². The Morgan fingerprint density at radius 2 is 1.45 bits per heavy atom. The third-order valence-corrected chi connectivity index (χ3v) is 6.80. The van der Waals surface area contributed by atoms with Crippen molar-refractivity contribution in [3.63, 3.8) is 0 Å². The fraction of sp³-hybridized carbons (Fsp3) is 0.529. The molecule has 3 amide bonds. The number of ether oxygens (including phenoxy) is 2. The van der Waals surface area contributed by atoms with E-state index in [1.54, 1.807) is 73.6 Å². The van der Waals surface area contributed by atoms with Crippen molar-refractivity contribution < 1.29 is 33.8 Å². The first-order valence-corrected chi connectivity index (χ1v) is 15.0. The summed E-state index contributed by atoms with van der Waals surface area (Å²) in [5.74, 6) is -2.04. The molecule has 2 rings (SSSR count). The molecule has 0 saturated carbocycles. The number of carbonyl (C=O) groups is 4. The number of nitrogens with zero attached hydrogens (tertiary/aromatic N) is 1. The molecule has 3 N–H and O–H groups in total. The van der Waals surface area contributed by atoms with Crippen molar-refractivity contribution in [2.75, 3.05) is 0 Å². The van der Waals surface area contributed by atoms with E-state index in [1.165, 1.54) is 11.8 Å². The van der Waals surface area contributed by atoms with Gasteiger partial charge in [-0.2, -0.15) is 0 Å². The number of carbonyl (C=O) groups excluding carboxylic acids is 4. The lowest BCUT2D eigenvalue weighted by Gasteiger charge is -2.38. The number of hydrogen-bond acceptors (Lipinski definition) is 7. The van der Waals surface area contributed by atoms with Crippen molar-refractivity contribution in [3.8, 4) is 5.75 Å². The molecule has 4 unspecified atom stereocenters. The standard InChI is InChI=1S/C34H49N3O7/c1-11-22(3)37(30(40)23(4)35-32(42)44-34(8,9)10)27(25-19-15-16-21(2)28(25)38)29(39)36-26(31(41)43-33(5,6)7)20-24-17-13-12-14-18-24/h12-19,22-23,26-27,38H,11,20H2,1-10H3,(H,35,42)(H,36,39). The molecular formula is C34H49N3O7. The van der Waals surface area contributed by atoms with Gasteiger partial charge in [0.1, 0.15) is 35.1 Å². The van der Waals surface area contributed by atoms with E-state index in [0.717, 1.165) is 5.56 Å². The van der Waals surface area contributed by atoms with Crippen molar-refractivity contribution in [1.82, 2.24) is 15.5 Å². The molecular weight excluding hydrogens is 562 g/mol. The number of phenolic OH excluding ortho intramolecular Hbond substituents is 1. The average molecular weight is 612 g/mol. The van der Waals surface area contributed by atoms with E-state index in [1.807, 2.05) is 37.3 Å². The number of amides is 3. The van der Waals surface area contributed by atoms with Crippen LogP contribution in [0.1, 0.15) is 91.5 Å². The first kappa shape index (κ1) is 36.1. The third-order valence-electron chi connectivity index (χ3n) is 6.80. The van der Waals surface area contributed by atoms with E-state index in [2.05, 4.69) is 10.6 Å². The monoisotopic (exact) mass is 611 g/mol. The second kappa shape index (κ2) is 15.1. The first-order chi connectivity index (χ1) is 20.3. The Hall–Kier alpha value is -4.08. The highest BCUT2D eigenvalue weighted by Gasteiger charge is 2.40. The summed E-state index contributed by atoms with van der Waals surface area (Å²) in [6.07, 6.45) is -0.183. The molecule has 10 nitrogen and oxygen atoms in total. The molecule has 0 fully saturated rings. The van der Waals surface area contributed by atoms with E-state index < -0.39 is 59.2 Å². The van der Waals surface area contributed by atoms with Crippen LogP contribution in [0, 0.1) is 6.92 Å². The predicted octanol–water partition coefficient (Wildman–Crippen LogP) is 5.35. The zero-order chi connectivity index (χ0) is 33.4. The van der Waals surface area contributed by atoms with Crippen LogP contribution in [0.25, 0.3) is 0 Å². The smallest absolute Gasteiger partial charge is 0.408 e. The SMILES string of the molecule is CCC(C)N(C(=O)C(C)NC(=O)OC(C)(C)C)C(C(=O)NC(Cc1ccccc1)C(=O)OC(C)(C)C)c1cccc(C)c1O. The maximum absolute atomic E-state index is 14.3. The Morgan fingerprint density at radius 3 is 2.00 bits per heavy atom. The number of phenols is 1. The van der Waals surface area contributed by atoms with Crippen molar-refractivity contribution in [2.45, 2.75) is 117 Å². The van der Waals surface area contributed by atoms with E-state index >= 15 is 0 Å². The van der Waals surface area contributed by atoms with E-state index in [-0.39, 0.29) is 17.7 Å². The van der Waals surface area contributed by atoms with Gasteiger partial charge in [-0.15, -0.1) is 0 Å². The van der Waals surface area contributed by atoms with Gasteiger partial charge in [-0.1, -0.05) is 55.5 Å². The largest absolute Gasteiger partial charge is 0.507 e. The number of benzene rings is 2. The molecule has 4 atom stereocenters. The number of esters is 1. The highest BCUT2D eigenvalue weighted by Crippen LogP contribution is 2.34. The Bertz CT molecular complexity index is 1300. The number of aromatic hydroxyl groups is 1. The summed E-state index contributed by atoms with van der Waals surface area (Å²) in [4.78, 5) is 55.7. The predicted molar refractivity (Wildman–Crippen MR) is 169 cm³/mol. The van der Waals surface area contributed by atoms with Crippen LogP contribution < -0.4 is 10.6 Å². The third kappa shape index (κ3) is 10.6. The minimum absolute atomic E-state index is 0.141. The van der Waals surface area contributed by atoms with E-state index in [9.17, 15) is 24.3 Å². The van der Waals surface area contributed by atoms with Crippen LogP contribution in [-0.4, -0.2) is 63.2 Å². The summed E-state index contributed by atoms with van der Waals surface area (Å²) in [5.41, 5.74) is -0.113. The van der Waals surface area contributed by atoms with Crippen LogP contribution in [0.5, 0.6) is 5.75 Å². The summed E-state index contributed by atoms with van der Waals surface area (Å²) < 4.78 is 11.0. The second-order valence-electron chi connectivity index (χ2n) is 13.1. The lowest BCUT2D eigenvalue weighted by molar-refractivity contribution is -0.159. The second-order valence-corrected chi connectivity index (χ2v) is 13.1. The fourth-order valence-electron chi connectivity index (χ4n) is 4.55. The van der Waals surface area contributed by atoms with Crippen molar-refractivity contribution in [1.29, 1.82) is 0 Å². The van der Waals surface area contributed by atoms with Crippen molar-refractivity contribution >= 4 is 23.9 Å². The maximum atomic E-state index is 14.3. The number of nitrogens with one attached hydrogen (secondary N) is 2. The molecule has 0 bridgehead atoms. The molecule has 2 aromatic carbocycles. The number of alkyl carbamates (subject to hydrolysis) is 1. The summed E-state index contributed by atoms with van der Waals surface area (Å²) in [5, 5.41) is 16.5. The summed E-state index contributed by atoms with van der Waals surface area (Å²) in [7, 11) is 0. The van der Waals surface area contributed by atoms with E-state index in [0.29, 0.717) is 12.0 Å². The van der Waals surface area contributed by atoms with Gasteiger partial charge in [0.15, 0.2) is 0 Å². The number of aryl methyl sites for hydroxylation is 1. The van der Waals surface area contributed by atoms with Gasteiger partial charge in [-0.25, -0.2) is 9.59 Å². The molecule has 2 aromatic rings. The summed E-state index contributed by atoms with van der Waals surface area (Å²) in [6, 6.07) is 10.1. The molecule has 0 aliphatic heterocycles. The van der Waals surface area contributed by atoms with Gasteiger partial charge in [0.2, 0.25) is 11.8 Å². The molecule has 0 aliphatic carbocycles. The van der Waals surface area contributed by atoms with Gasteiger partial charge in [-0.05, 0) is 79.9 Å². The first-order valence-electron chi connectivity index (χ1n) is 15.0. The van der Waals surface area contributed by atoms with Gasteiger partial charge >= 0.3 is 12.1 Å². The molecule has 0 aliphatic rings. The minimum atomic E-state index is -1.35. The molecule has 0 radical (unpaired) electrons. The lowest BCUT2D eigenvalue weighted by atomic mass is 9.96. The average Bonchev–Trinajstić information content (AvgIpc) is 2.90. The van der Waals surface area contributed by atoms with Crippen LogP contribution in [0.2, 0.25) is 0 Å². The Kier molecular flexibility index (Phi) is 12.4. The zero-order valence-corrected chi connectivity index (χ0v) is 27.7. The Labute approximate surface area is 261 Å². The van der Waals surface area contributed by atoms with Gasteiger partial charge < -0.3 is 30.1 Å². The molecule has 0 saturated heterocycles. The molecule has 0 spiro atoms. The van der Waals surface area contributed by atoms with Gasteiger partial charge in [0, 0.05) is 18.0 Å². The number of hydrogen-bond donors (Lipinski definition) is 3. The molecule has 0 aromatic heterocycles. The van der Waals surface area contributed by atoms with Gasteiger partial charge in [0.05, 0.1) is 0 Å². The Balaban J connectivity index is 2.60. The van der Waals surface area contributed by atoms with Gasteiger partial charge in [0.25, 0.3) is 0 Å². The zero-order valence-electron chi connectivity index (χ0n) is 27.7. The van der Waals surface area contributed by atoms with Crippen LogP contribution in [0.3, 0.4) is 0 Å². The quantitative estimate of drug-likeness (QED) is 0.292. The lowest BCUT2D eigenvalue weighted by Crippen LogP contribution is -2.56. The summed E-state index contributed by atoms with van der Waals surface area (Å²) >= 11 is 0. The summed E-state index contributed by atoms with van der Waals surface area (Å²) in [6.45, 7) is 17.2. The topological polar surface area (TPSA) is 134 Å². The molecule has 0 heterocycles. The molecule has 44 heavy (non-hydrogen) atoms. The van der Waals surface area contributed by atoms with Crippen LogP contribution in [0.15, 0.2) is 48.5 Å². The van der Waals surface area contributed by atoms with Gasteiger partial charge in [-0.3, -0.25) is 9.59 Å². The number of para-hydroxylation sites is 1. The normalized spacial score (nSPS) is 14.4. The highest BCUT2D eigenvalue weighted by molar-refractivity contribution is 5.94. The Morgan fingerprint density at radius 1 is 0.864 bits per heavy atom. The number of rotatable bonds is 11. The minimum Gasteiger partial charge on any atom is -0.507 e. The van der Waals surface area contributed by atoms with E-state index in [4.69, 9.17) is 9.47 Å². The van der Waals surface area contributed by atoms with Crippen molar-refractivity contribution in [3.05, 3.63) is 65.2 Å². The highest BCUT2D eigenvalue weighted by atomic mass is 16.6. The fourth-order valence-corrected chi connectivity index (χ4v) is 4.55. The van der Waals surface area contributed by atoms with Crippen LogP contribution >= 0.6 is 0 Å². The molecule has 10 heteroatoms. The molecule has 242 valence electrons. The van der Waals surface area contributed by atoms with Crippen LogP contribution in [0.4, 0.5) is 4.79 Å².